The molecule has 1 saturated heterocycles. The SMILES string of the molecule is CN(CC1CCCC1)C(=O)c1cn(C2CCNCC2)nn1. The number of piperidine rings is 1. The second-order valence-corrected chi connectivity index (χ2v) is 6.40. The van der Waals surface area contributed by atoms with Gasteiger partial charge in [0, 0.05) is 13.6 Å². The average molecular weight is 291 g/mol. The van der Waals surface area contributed by atoms with Crippen molar-refractivity contribution in [1.29, 1.82) is 0 Å². The second kappa shape index (κ2) is 6.56. The largest absolute Gasteiger partial charge is 0.340 e. The Hall–Kier alpha value is -1.43. The number of hydrogen-bond acceptors (Lipinski definition) is 4. The van der Waals surface area contributed by atoms with Crippen LogP contribution in [0.3, 0.4) is 0 Å². The molecule has 2 fully saturated rings. The summed E-state index contributed by atoms with van der Waals surface area (Å²) < 4.78 is 1.87. The summed E-state index contributed by atoms with van der Waals surface area (Å²) in [6.07, 6.45) is 9.03. The summed E-state index contributed by atoms with van der Waals surface area (Å²) in [6, 6.07) is 0.375. The predicted octanol–water partition coefficient (Wildman–Crippen LogP) is 1.46. The summed E-state index contributed by atoms with van der Waals surface area (Å²) in [5, 5.41) is 11.6. The Balaban J connectivity index is 1.60. The van der Waals surface area contributed by atoms with Crippen LogP contribution in [0.4, 0.5) is 0 Å². The Labute approximate surface area is 125 Å². The van der Waals surface area contributed by atoms with Crippen molar-refractivity contribution in [2.45, 2.75) is 44.6 Å². The number of carbonyl (C=O) groups excluding carboxylic acids is 1. The van der Waals surface area contributed by atoms with Crippen LogP contribution in [-0.4, -0.2) is 52.5 Å². The van der Waals surface area contributed by atoms with Gasteiger partial charge >= 0.3 is 0 Å². The maximum atomic E-state index is 12.4. The van der Waals surface area contributed by atoms with Gasteiger partial charge in [0.25, 0.3) is 5.91 Å². The van der Waals surface area contributed by atoms with Crippen molar-refractivity contribution >= 4 is 5.91 Å². The van der Waals surface area contributed by atoms with E-state index in [2.05, 4.69) is 15.6 Å². The summed E-state index contributed by atoms with van der Waals surface area (Å²) in [5.41, 5.74) is 0.481. The van der Waals surface area contributed by atoms with Gasteiger partial charge in [-0.3, -0.25) is 4.79 Å². The highest BCUT2D eigenvalue weighted by atomic mass is 16.2. The van der Waals surface area contributed by atoms with Gasteiger partial charge in [-0.05, 0) is 44.7 Å². The van der Waals surface area contributed by atoms with Gasteiger partial charge < -0.3 is 10.2 Å². The molecule has 2 aliphatic rings. The van der Waals surface area contributed by atoms with Gasteiger partial charge in [-0.2, -0.15) is 0 Å². The van der Waals surface area contributed by atoms with E-state index in [9.17, 15) is 4.79 Å². The predicted molar refractivity (Wildman–Crippen MR) is 80.1 cm³/mol. The Morgan fingerprint density at radius 1 is 1.33 bits per heavy atom. The molecule has 1 aromatic rings. The van der Waals surface area contributed by atoms with Crippen LogP contribution in [0.5, 0.6) is 0 Å². The molecular formula is C15H25N5O. The van der Waals surface area contributed by atoms with E-state index in [1.54, 1.807) is 0 Å². The standard InChI is InChI=1S/C15H25N5O/c1-19(10-12-4-2-3-5-12)15(21)14-11-20(18-17-14)13-6-8-16-9-7-13/h11-13,16H,2-10H2,1H3. The van der Waals surface area contributed by atoms with Crippen LogP contribution >= 0.6 is 0 Å². The third-order valence-corrected chi connectivity index (χ3v) is 4.77. The lowest BCUT2D eigenvalue weighted by atomic mass is 10.1. The molecule has 3 rings (SSSR count). The third-order valence-electron chi connectivity index (χ3n) is 4.77. The van der Waals surface area contributed by atoms with Gasteiger partial charge in [0.1, 0.15) is 0 Å². The first-order chi connectivity index (χ1) is 10.2. The summed E-state index contributed by atoms with van der Waals surface area (Å²) >= 11 is 0. The molecule has 2 heterocycles. The lowest BCUT2D eigenvalue weighted by Gasteiger charge is -2.22. The van der Waals surface area contributed by atoms with E-state index in [4.69, 9.17) is 0 Å². The number of nitrogens with zero attached hydrogens (tertiary/aromatic N) is 4. The van der Waals surface area contributed by atoms with Crippen LogP contribution in [0.25, 0.3) is 0 Å². The zero-order valence-electron chi connectivity index (χ0n) is 12.8. The smallest absolute Gasteiger partial charge is 0.275 e. The Bertz CT molecular complexity index is 474. The highest BCUT2D eigenvalue weighted by Crippen LogP contribution is 2.25. The summed E-state index contributed by atoms with van der Waals surface area (Å²) in [5.74, 6) is 0.667. The van der Waals surface area contributed by atoms with Crippen molar-refractivity contribution in [1.82, 2.24) is 25.2 Å². The van der Waals surface area contributed by atoms with Crippen molar-refractivity contribution in [2.75, 3.05) is 26.7 Å². The number of amides is 1. The molecule has 21 heavy (non-hydrogen) atoms. The fourth-order valence-electron chi connectivity index (χ4n) is 3.48. The molecule has 0 radical (unpaired) electrons. The van der Waals surface area contributed by atoms with E-state index in [0.29, 0.717) is 17.7 Å². The summed E-state index contributed by atoms with van der Waals surface area (Å²) in [7, 11) is 1.88. The van der Waals surface area contributed by atoms with Crippen molar-refractivity contribution in [3.63, 3.8) is 0 Å². The van der Waals surface area contributed by atoms with Gasteiger partial charge in [0.2, 0.25) is 0 Å². The minimum atomic E-state index is 0.00193. The molecule has 6 nitrogen and oxygen atoms in total. The second-order valence-electron chi connectivity index (χ2n) is 6.40. The lowest BCUT2D eigenvalue weighted by Crippen LogP contribution is -2.31. The number of aromatic nitrogens is 3. The maximum absolute atomic E-state index is 12.4. The molecule has 0 atom stereocenters. The van der Waals surface area contributed by atoms with Gasteiger partial charge in [0.05, 0.1) is 12.2 Å². The van der Waals surface area contributed by atoms with Crippen molar-refractivity contribution < 1.29 is 4.79 Å². The van der Waals surface area contributed by atoms with E-state index in [1.807, 2.05) is 22.8 Å². The van der Waals surface area contributed by atoms with E-state index < -0.39 is 0 Å². The number of carbonyl (C=O) groups is 1. The first kappa shape index (κ1) is 14.5. The van der Waals surface area contributed by atoms with Gasteiger partial charge in [-0.15, -0.1) is 5.10 Å². The highest BCUT2D eigenvalue weighted by Gasteiger charge is 2.23. The monoisotopic (exact) mass is 291 g/mol. The van der Waals surface area contributed by atoms with Gasteiger partial charge in [-0.1, -0.05) is 18.1 Å². The van der Waals surface area contributed by atoms with Gasteiger partial charge in [0.15, 0.2) is 5.69 Å². The molecule has 1 aliphatic carbocycles. The van der Waals surface area contributed by atoms with Crippen LogP contribution in [0, 0.1) is 5.92 Å². The molecule has 0 aromatic carbocycles. The molecule has 1 aromatic heterocycles. The van der Waals surface area contributed by atoms with Crippen molar-refractivity contribution in [3.8, 4) is 0 Å². The molecule has 116 valence electrons. The maximum Gasteiger partial charge on any atom is 0.275 e. The minimum absolute atomic E-state index is 0.00193. The fourth-order valence-corrected chi connectivity index (χ4v) is 3.48. The summed E-state index contributed by atoms with van der Waals surface area (Å²) in [6.45, 7) is 2.86. The minimum Gasteiger partial charge on any atom is -0.340 e. The van der Waals surface area contributed by atoms with Crippen molar-refractivity contribution in [2.24, 2.45) is 5.92 Å². The first-order valence-electron chi connectivity index (χ1n) is 8.12. The van der Waals surface area contributed by atoms with E-state index in [-0.39, 0.29) is 5.91 Å². The number of hydrogen-bond donors (Lipinski definition) is 1. The zero-order chi connectivity index (χ0) is 14.7. The zero-order valence-corrected chi connectivity index (χ0v) is 12.8. The topological polar surface area (TPSA) is 63.1 Å². The molecule has 0 spiro atoms. The Kier molecular flexibility index (Phi) is 4.53. The normalized spacial score (nSPS) is 20.8. The highest BCUT2D eigenvalue weighted by molar-refractivity contribution is 5.91. The molecular weight excluding hydrogens is 266 g/mol. The summed E-state index contributed by atoms with van der Waals surface area (Å²) in [4.78, 5) is 14.2. The van der Waals surface area contributed by atoms with Crippen LogP contribution < -0.4 is 5.32 Å². The molecule has 6 heteroatoms. The molecule has 0 bridgehead atoms. The van der Waals surface area contributed by atoms with Crippen LogP contribution in [0.2, 0.25) is 0 Å². The molecule has 1 amide bonds. The molecule has 0 unspecified atom stereocenters. The number of rotatable bonds is 4. The Morgan fingerprint density at radius 2 is 2.05 bits per heavy atom. The van der Waals surface area contributed by atoms with Gasteiger partial charge in [-0.25, -0.2) is 4.68 Å². The molecule has 1 aliphatic heterocycles. The van der Waals surface area contributed by atoms with Crippen LogP contribution in [0.1, 0.15) is 55.1 Å². The average Bonchev–Trinajstić information content (AvgIpc) is 3.18. The van der Waals surface area contributed by atoms with Crippen molar-refractivity contribution in [3.05, 3.63) is 11.9 Å². The number of nitrogens with one attached hydrogen (secondary N) is 1. The van der Waals surface area contributed by atoms with E-state index >= 15 is 0 Å². The van der Waals surface area contributed by atoms with E-state index in [1.165, 1.54) is 25.7 Å². The Morgan fingerprint density at radius 3 is 2.76 bits per heavy atom. The first-order valence-corrected chi connectivity index (χ1v) is 8.12. The van der Waals surface area contributed by atoms with E-state index in [0.717, 1.165) is 32.5 Å². The van der Waals surface area contributed by atoms with Crippen LogP contribution in [-0.2, 0) is 0 Å². The lowest BCUT2D eigenvalue weighted by molar-refractivity contribution is 0.0767. The molecule has 1 N–H and O–H groups in total. The fraction of sp³-hybridized carbons (Fsp3) is 0.800. The third kappa shape index (κ3) is 3.43. The van der Waals surface area contributed by atoms with Crippen LogP contribution in [0.15, 0.2) is 6.20 Å². The molecule has 1 saturated carbocycles. The quantitative estimate of drug-likeness (QED) is 0.912.